The maximum Gasteiger partial charge on any atom is 0.234 e. The Bertz CT molecular complexity index is 1030. The lowest BCUT2D eigenvalue weighted by atomic mass is 10.2. The highest BCUT2D eigenvalue weighted by Gasteiger charge is 2.29. The van der Waals surface area contributed by atoms with E-state index in [1.54, 1.807) is 24.3 Å². The number of hydrogen-bond donors (Lipinski definition) is 1. The monoisotopic (exact) mass is 424 g/mol. The van der Waals surface area contributed by atoms with Gasteiger partial charge in [0.15, 0.2) is 0 Å². The van der Waals surface area contributed by atoms with Crippen molar-refractivity contribution in [2.45, 2.75) is 36.2 Å². The van der Waals surface area contributed by atoms with Gasteiger partial charge in [-0.15, -0.1) is 0 Å². The summed E-state index contributed by atoms with van der Waals surface area (Å²) in [6.07, 6.45) is 0.789. The van der Waals surface area contributed by atoms with Crippen molar-refractivity contribution in [2.24, 2.45) is 0 Å². The van der Waals surface area contributed by atoms with Crippen LogP contribution in [0.2, 0.25) is 10.0 Å². The first-order valence-electron chi connectivity index (χ1n) is 8.35. The minimum Gasteiger partial charge on any atom is -0.419 e. The Morgan fingerprint density at radius 3 is 2.15 bits per heavy atom. The molecular formula is C19H18Cl2N2O3S. The number of nitrogens with one attached hydrogen (secondary N) is 1. The fourth-order valence-corrected chi connectivity index (χ4v) is 3.86. The molecule has 0 fully saturated rings. The Morgan fingerprint density at radius 1 is 1.04 bits per heavy atom. The third-order valence-corrected chi connectivity index (χ3v) is 6.24. The first-order chi connectivity index (χ1) is 12.8. The van der Waals surface area contributed by atoms with E-state index >= 15 is 0 Å². The van der Waals surface area contributed by atoms with Gasteiger partial charge >= 0.3 is 0 Å². The fourth-order valence-electron chi connectivity index (χ4n) is 2.35. The molecule has 1 heterocycles. The third-order valence-electron chi connectivity index (χ3n) is 4.06. The number of nitrogens with zero attached hydrogens (tertiary/aromatic N) is 1. The van der Waals surface area contributed by atoms with Gasteiger partial charge in [-0.05, 0) is 61.9 Å². The predicted octanol–water partition coefficient (Wildman–Crippen LogP) is 5.69. The molecule has 1 atom stereocenters. The molecule has 0 saturated heterocycles. The molecule has 3 rings (SSSR count). The van der Waals surface area contributed by atoms with Crippen LogP contribution in [0.1, 0.15) is 20.3 Å². The molecule has 27 heavy (non-hydrogen) atoms. The van der Waals surface area contributed by atoms with Gasteiger partial charge in [-0.2, -0.15) is 4.98 Å². The summed E-state index contributed by atoms with van der Waals surface area (Å²) in [5.41, 5.74) is 0.629. The van der Waals surface area contributed by atoms with Crippen LogP contribution in [-0.2, 0) is 9.84 Å². The Hall–Kier alpha value is -2.02. The number of benzene rings is 2. The molecule has 0 radical (unpaired) electrons. The van der Waals surface area contributed by atoms with E-state index in [1.165, 1.54) is 24.3 Å². The van der Waals surface area contributed by atoms with Crippen LogP contribution in [0.25, 0.3) is 11.5 Å². The Morgan fingerprint density at radius 2 is 1.59 bits per heavy atom. The average Bonchev–Trinajstić information content (AvgIpc) is 3.07. The lowest BCUT2D eigenvalue weighted by Gasteiger charge is -2.11. The van der Waals surface area contributed by atoms with Crippen LogP contribution in [0.15, 0.2) is 62.9 Å². The zero-order chi connectivity index (χ0) is 19.6. The topological polar surface area (TPSA) is 72.2 Å². The number of halogens is 2. The predicted molar refractivity (Wildman–Crippen MR) is 107 cm³/mol. The molecule has 8 heteroatoms. The number of rotatable bonds is 6. The van der Waals surface area contributed by atoms with Crippen LogP contribution in [-0.4, -0.2) is 19.4 Å². The van der Waals surface area contributed by atoms with Crippen LogP contribution in [0.5, 0.6) is 0 Å². The maximum atomic E-state index is 13.1. The number of sulfone groups is 1. The van der Waals surface area contributed by atoms with Crippen molar-refractivity contribution in [3.8, 4) is 11.5 Å². The highest BCUT2D eigenvalue weighted by molar-refractivity contribution is 7.91. The maximum absolute atomic E-state index is 13.1. The summed E-state index contributed by atoms with van der Waals surface area (Å²) in [5.74, 6) is 0.314. The van der Waals surface area contributed by atoms with Crippen LogP contribution < -0.4 is 5.32 Å². The molecule has 1 aromatic heterocycles. The largest absolute Gasteiger partial charge is 0.419 e. The van der Waals surface area contributed by atoms with Crippen LogP contribution in [0.3, 0.4) is 0 Å². The van der Waals surface area contributed by atoms with E-state index in [4.69, 9.17) is 27.6 Å². The molecule has 0 spiro atoms. The molecule has 0 bridgehead atoms. The number of oxazole rings is 1. The smallest absolute Gasteiger partial charge is 0.234 e. The van der Waals surface area contributed by atoms with Crippen molar-refractivity contribution in [1.29, 1.82) is 0 Å². The first-order valence-corrected chi connectivity index (χ1v) is 10.6. The third kappa shape index (κ3) is 4.29. The molecule has 0 saturated carbocycles. The molecule has 2 aromatic carbocycles. The highest BCUT2D eigenvalue weighted by atomic mass is 35.5. The molecule has 1 unspecified atom stereocenters. The summed E-state index contributed by atoms with van der Waals surface area (Å²) in [5, 5.41) is 3.95. The van der Waals surface area contributed by atoms with Crippen LogP contribution >= 0.6 is 23.2 Å². The normalized spacial score (nSPS) is 12.7. The lowest BCUT2D eigenvalue weighted by Crippen LogP contribution is -2.15. The van der Waals surface area contributed by atoms with E-state index in [-0.39, 0.29) is 27.7 Å². The van der Waals surface area contributed by atoms with E-state index < -0.39 is 9.84 Å². The minimum absolute atomic E-state index is 0.00943. The molecule has 0 aliphatic rings. The van der Waals surface area contributed by atoms with Gasteiger partial charge in [0.1, 0.15) is 0 Å². The van der Waals surface area contributed by atoms with Crippen molar-refractivity contribution >= 4 is 38.9 Å². The molecule has 0 aliphatic heterocycles. The lowest BCUT2D eigenvalue weighted by molar-refractivity contribution is 0.566. The Labute approximate surface area is 168 Å². The quantitative estimate of drug-likeness (QED) is 0.549. The van der Waals surface area contributed by atoms with Crippen molar-refractivity contribution < 1.29 is 12.8 Å². The van der Waals surface area contributed by atoms with Gasteiger partial charge in [0.2, 0.25) is 26.6 Å². The zero-order valence-electron chi connectivity index (χ0n) is 14.7. The summed E-state index contributed by atoms with van der Waals surface area (Å²) < 4.78 is 32.0. The minimum atomic E-state index is -3.89. The molecule has 1 N–H and O–H groups in total. The molecule has 0 aliphatic carbocycles. The van der Waals surface area contributed by atoms with Gasteiger partial charge in [0.05, 0.1) is 4.90 Å². The van der Waals surface area contributed by atoms with Crippen LogP contribution in [0.4, 0.5) is 5.88 Å². The van der Waals surface area contributed by atoms with E-state index in [9.17, 15) is 8.42 Å². The van der Waals surface area contributed by atoms with E-state index in [0.717, 1.165) is 6.42 Å². The van der Waals surface area contributed by atoms with Crippen molar-refractivity contribution in [1.82, 2.24) is 4.98 Å². The number of anilines is 1. The zero-order valence-corrected chi connectivity index (χ0v) is 17.1. The second-order valence-corrected chi connectivity index (χ2v) is 8.81. The highest BCUT2D eigenvalue weighted by Crippen LogP contribution is 2.33. The molecular weight excluding hydrogens is 407 g/mol. The molecule has 3 aromatic rings. The standard InChI is InChI=1S/C19H18Cl2N2O3S/c1-3-12(2)22-18-19(27(24,25)16-10-8-15(21)9-11-16)23-17(26-18)13-4-6-14(20)7-5-13/h4-12,22H,3H2,1-2H3. The Kier molecular flexibility index (Phi) is 5.79. The number of hydrogen-bond acceptors (Lipinski definition) is 5. The van der Waals surface area contributed by atoms with Crippen molar-refractivity contribution in [2.75, 3.05) is 5.32 Å². The summed E-state index contributed by atoms with van der Waals surface area (Å²) in [4.78, 5) is 4.37. The number of aromatic nitrogens is 1. The second kappa shape index (κ2) is 7.92. The van der Waals surface area contributed by atoms with Gasteiger partial charge < -0.3 is 9.73 Å². The van der Waals surface area contributed by atoms with Gasteiger partial charge in [0, 0.05) is 21.7 Å². The molecule has 142 valence electrons. The average molecular weight is 425 g/mol. The van der Waals surface area contributed by atoms with E-state index in [1.807, 2.05) is 13.8 Å². The first kappa shape index (κ1) is 19.7. The van der Waals surface area contributed by atoms with Crippen molar-refractivity contribution in [3.63, 3.8) is 0 Å². The van der Waals surface area contributed by atoms with E-state index in [2.05, 4.69) is 10.3 Å². The van der Waals surface area contributed by atoms with Gasteiger partial charge in [0.25, 0.3) is 0 Å². The fraction of sp³-hybridized carbons (Fsp3) is 0.211. The molecule has 5 nitrogen and oxygen atoms in total. The second-order valence-electron chi connectivity index (χ2n) is 6.07. The molecule has 0 amide bonds. The summed E-state index contributed by atoms with van der Waals surface area (Å²) in [6, 6.07) is 12.8. The summed E-state index contributed by atoms with van der Waals surface area (Å²) in [6.45, 7) is 3.92. The SMILES string of the molecule is CCC(C)Nc1oc(-c2ccc(Cl)cc2)nc1S(=O)(=O)c1ccc(Cl)cc1. The van der Waals surface area contributed by atoms with E-state index in [0.29, 0.717) is 15.6 Å². The van der Waals surface area contributed by atoms with Gasteiger partial charge in [-0.25, -0.2) is 8.42 Å². The van der Waals surface area contributed by atoms with Gasteiger partial charge in [-0.3, -0.25) is 0 Å². The van der Waals surface area contributed by atoms with Crippen LogP contribution in [0, 0.1) is 0 Å². The van der Waals surface area contributed by atoms with Gasteiger partial charge in [-0.1, -0.05) is 30.1 Å². The summed E-state index contributed by atoms with van der Waals surface area (Å²) >= 11 is 11.8. The summed E-state index contributed by atoms with van der Waals surface area (Å²) in [7, 11) is -3.89. The Balaban J connectivity index is 2.11. The van der Waals surface area contributed by atoms with Crippen molar-refractivity contribution in [3.05, 3.63) is 58.6 Å².